The van der Waals surface area contributed by atoms with Crippen LogP contribution in [0.2, 0.25) is 0 Å². The molecule has 6 aromatic heterocycles. The quantitative estimate of drug-likeness (QED) is 0.0695. The van der Waals surface area contributed by atoms with E-state index in [9.17, 15) is 0 Å². The smallest absolute Gasteiger partial charge is 0.296 e. The average molecular weight is 1380 g/mol. The van der Waals surface area contributed by atoms with Gasteiger partial charge in [-0.15, -0.1) is 0 Å². The van der Waals surface area contributed by atoms with Crippen molar-refractivity contribution in [3.63, 3.8) is 0 Å². The van der Waals surface area contributed by atoms with Crippen LogP contribution >= 0.6 is 103 Å². The molecular formula is C27H30I6N12S3. The molecule has 0 radical (unpaired) electrons. The van der Waals surface area contributed by atoms with E-state index in [1.165, 1.54) is 15.1 Å². The number of H-pyrrole nitrogens is 3. The topological polar surface area (TPSA) is 136 Å². The first kappa shape index (κ1) is 41.8. The Bertz CT molecular complexity index is 1820. The van der Waals surface area contributed by atoms with E-state index in [-0.39, 0.29) is 88.5 Å². The minimum Gasteiger partial charge on any atom is -1.00 e. The monoisotopic (exact) mass is 1380 g/mol. The highest BCUT2D eigenvalue weighted by atomic mass is 127. The van der Waals surface area contributed by atoms with Gasteiger partial charge in [0.15, 0.2) is 31.6 Å². The average Bonchev–Trinajstić information content (AvgIpc) is 3.90. The second-order valence-corrected chi connectivity index (χ2v) is 17.0. The molecule has 48 heavy (non-hydrogen) atoms. The third-order valence-electron chi connectivity index (χ3n) is 8.21. The van der Waals surface area contributed by atoms with Crippen LogP contribution in [0.15, 0.2) is 53.0 Å². The fraction of sp³-hybridized carbons (Fsp3) is 0.444. The highest BCUT2D eigenvalue weighted by molar-refractivity contribution is 14.1. The summed E-state index contributed by atoms with van der Waals surface area (Å²) in [6.45, 7) is 6.81. The lowest BCUT2D eigenvalue weighted by Crippen LogP contribution is -3.00. The first-order valence-electron chi connectivity index (χ1n) is 14.0. The first-order chi connectivity index (χ1) is 21.7. The fourth-order valence-corrected chi connectivity index (χ4v) is 12.4. The van der Waals surface area contributed by atoms with Gasteiger partial charge in [0.05, 0.1) is 19.0 Å². The molecule has 21 heteroatoms. The molecule has 9 rings (SSSR count). The molecule has 3 unspecified atom stereocenters. The van der Waals surface area contributed by atoms with Crippen molar-refractivity contribution >= 4 is 137 Å². The van der Waals surface area contributed by atoms with Crippen LogP contribution in [-0.4, -0.2) is 75.4 Å². The van der Waals surface area contributed by atoms with Crippen LogP contribution in [0.3, 0.4) is 0 Å². The predicted octanol–water partition coefficient (Wildman–Crippen LogP) is -4.48. The molecule has 6 aromatic rings. The number of aromatic nitrogens is 12. The molecule has 0 aliphatic carbocycles. The lowest BCUT2D eigenvalue weighted by molar-refractivity contribution is -0.778. The molecule has 0 saturated heterocycles. The lowest BCUT2D eigenvalue weighted by atomic mass is 10.1. The largest absolute Gasteiger partial charge is 1.00 e. The van der Waals surface area contributed by atoms with Gasteiger partial charge < -0.3 is 86.9 Å². The number of thioether (sulfide) groups is 3. The molecule has 12 nitrogen and oxygen atoms in total. The Hall–Kier alpha value is 1.08. The molecule has 9 heterocycles. The number of imidazole rings is 3. The molecule has 0 amide bonds. The van der Waals surface area contributed by atoms with Crippen molar-refractivity contribution in [3.8, 4) is 0 Å². The van der Waals surface area contributed by atoms with Crippen LogP contribution in [0.25, 0.3) is 33.5 Å². The van der Waals surface area contributed by atoms with E-state index in [2.05, 4.69) is 147 Å². The van der Waals surface area contributed by atoms with Crippen LogP contribution in [0.5, 0.6) is 0 Å². The molecule has 0 aromatic carbocycles. The highest BCUT2D eigenvalue weighted by Gasteiger charge is 2.42. The SMILES string of the molecule is CC1(CI)CSc2c3[nH]cnc3nc[n+]21.CC1(CI)CSc2c3[nH]cnc3nc[n+]21.CC1(CI)CSc2c3[nH]cnc3nc[n+]21.[I-].[I-].[I-]. The summed E-state index contributed by atoms with van der Waals surface area (Å²) in [7, 11) is 0. The number of fused-ring (bicyclic) bond motifs is 9. The Morgan fingerprint density at radius 1 is 0.542 bits per heavy atom. The third-order valence-corrected chi connectivity index (χ3v) is 17.5. The Labute approximate surface area is 382 Å². The molecule has 3 N–H and O–H groups in total. The molecule has 3 atom stereocenters. The maximum absolute atomic E-state index is 4.36. The maximum Gasteiger partial charge on any atom is 0.296 e. The van der Waals surface area contributed by atoms with Gasteiger partial charge >= 0.3 is 0 Å². The van der Waals surface area contributed by atoms with Crippen molar-refractivity contribution in [1.29, 1.82) is 0 Å². The van der Waals surface area contributed by atoms with E-state index in [0.717, 1.165) is 64.0 Å². The van der Waals surface area contributed by atoms with E-state index < -0.39 is 0 Å². The van der Waals surface area contributed by atoms with Crippen molar-refractivity contribution in [2.75, 3.05) is 30.5 Å². The Kier molecular flexibility index (Phi) is 14.9. The normalized spacial score (nSPS) is 23.1. The van der Waals surface area contributed by atoms with E-state index in [1.807, 2.05) is 54.3 Å². The Morgan fingerprint density at radius 3 is 1.06 bits per heavy atom. The van der Waals surface area contributed by atoms with Gasteiger partial charge in [-0.05, 0) is 35.7 Å². The van der Waals surface area contributed by atoms with Gasteiger partial charge in [0, 0.05) is 30.5 Å². The summed E-state index contributed by atoms with van der Waals surface area (Å²) in [5.74, 6) is 3.32. The van der Waals surface area contributed by atoms with Crippen LogP contribution in [0.4, 0.5) is 0 Å². The summed E-state index contributed by atoms with van der Waals surface area (Å²) in [6, 6.07) is 0. The molecule has 3 aliphatic heterocycles. The van der Waals surface area contributed by atoms with Gasteiger partial charge in [0.2, 0.25) is 0 Å². The summed E-state index contributed by atoms with van der Waals surface area (Å²) in [5, 5.41) is 3.78. The molecule has 258 valence electrons. The van der Waals surface area contributed by atoms with Crippen LogP contribution in [0.1, 0.15) is 20.8 Å². The summed E-state index contributed by atoms with van der Waals surface area (Å²) in [4.78, 5) is 35.1. The summed E-state index contributed by atoms with van der Waals surface area (Å²) in [6.07, 6.45) is 10.9. The zero-order valence-corrected chi connectivity index (χ0v) is 41.1. The van der Waals surface area contributed by atoms with E-state index in [1.54, 1.807) is 19.0 Å². The number of nitrogens with zero attached hydrogens (tertiary/aromatic N) is 9. The summed E-state index contributed by atoms with van der Waals surface area (Å²) in [5.41, 5.74) is 6.19. The van der Waals surface area contributed by atoms with Gasteiger partial charge in [0.1, 0.15) is 16.6 Å². The molecule has 0 fully saturated rings. The maximum atomic E-state index is 4.36. The first-order valence-corrected chi connectivity index (χ1v) is 21.6. The van der Waals surface area contributed by atoms with Gasteiger partial charge in [-0.1, -0.05) is 103 Å². The standard InChI is InChI=1S/3C9H9IN4S.3HI/c3*1-9(2-10)3-15-8-6-7(12-4-11-6)13-5-14(8)9;;;/h3*4-5H,2-3H2,1H3;3*1H. The van der Waals surface area contributed by atoms with Gasteiger partial charge in [-0.2, -0.15) is 15.0 Å². The summed E-state index contributed by atoms with van der Waals surface area (Å²) >= 11 is 13.0. The number of hydrogen-bond acceptors (Lipinski definition) is 9. The number of halogens is 6. The lowest BCUT2D eigenvalue weighted by Gasteiger charge is -2.17. The second-order valence-electron chi connectivity index (χ2n) is 11.8. The minimum absolute atomic E-state index is 0. The van der Waals surface area contributed by atoms with Crippen LogP contribution in [-0.2, 0) is 16.6 Å². The molecule has 0 bridgehead atoms. The Morgan fingerprint density at radius 2 is 0.812 bits per heavy atom. The minimum atomic E-state index is 0. The van der Waals surface area contributed by atoms with E-state index >= 15 is 0 Å². The molecular weight excluding hydrogens is 1350 g/mol. The number of hydrogen-bond donors (Lipinski definition) is 3. The number of alkyl halides is 3. The number of rotatable bonds is 3. The van der Waals surface area contributed by atoms with Crippen molar-refractivity contribution < 1.29 is 85.6 Å². The Balaban J connectivity index is 0.000000158. The predicted molar refractivity (Wildman–Crippen MR) is 202 cm³/mol. The zero-order chi connectivity index (χ0) is 31.4. The van der Waals surface area contributed by atoms with Gasteiger partial charge in [-0.3, -0.25) is 0 Å². The van der Waals surface area contributed by atoms with Crippen LogP contribution < -0.4 is 85.6 Å². The van der Waals surface area contributed by atoms with Crippen molar-refractivity contribution in [2.24, 2.45) is 0 Å². The number of nitrogens with one attached hydrogen (secondary N) is 3. The van der Waals surface area contributed by atoms with Gasteiger partial charge in [-0.25, -0.2) is 13.7 Å². The zero-order valence-electron chi connectivity index (χ0n) is 25.7. The van der Waals surface area contributed by atoms with E-state index in [4.69, 9.17) is 0 Å². The van der Waals surface area contributed by atoms with Crippen LogP contribution in [0, 0.1) is 0 Å². The van der Waals surface area contributed by atoms with Crippen molar-refractivity contribution in [3.05, 3.63) is 38.0 Å². The molecule has 0 saturated carbocycles. The highest BCUT2D eigenvalue weighted by Crippen LogP contribution is 2.36. The number of aromatic amines is 3. The van der Waals surface area contributed by atoms with Crippen molar-refractivity contribution in [1.82, 2.24) is 44.9 Å². The van der Waals surface area contributed by atoms with Gasteiger partial charge in [0.25, 0.3) is 35.9 Å². The molecule has 3 aliphatic rings. The molecule has 0 spiro atoms. The third kappa shape index (κ3) is 7.55. The van der Waals surface area contributed by atoms with E-state index in [0.29, 0.717) is 0 Å². The second kappa shape index (κ2) is 17.0. The van der Waals surface area contributed by atoms with Crippen molar-refractivity contribution in [2.45, 2.75) is 52.5 Å². The fourth-order valence-electron chi connectivity index (χ4n) is 5.25. The summed E-state index contributed by atoms with van der Waals surface area (Å²) < 4.78 is 10.1.